The second kappa shape index (κ2) is 9.05. The van der Waals surface area contributed by atoms with Crippen molar-refractivity contribution in [2.45, 2.75) is 19.4 Å². The van der Waals surface area contributed by atoms with E-state index in [1.165, 1.54) is 0 Å². The van der Waals surface area contributed by atoms with Crippen LogP contribution >= 0.6 is 11.6 Å². The molecule has 29 heavy (non-hydrogen) atoms. The van der Waals surface area contributed by atoms with E-state index in [0.29, 0.717) is 18.1 Å². The van der Waals surface area contributed by atoms with E-state index < -0.39 is 0 Å². The number of carbonyl (C=O) groups excluding carboxylic acids is 1. The van der Waals surface area contributed by atoms with Gasteiger partial charge in [-0.05, 0) is 42.7 Å². The van der Waals surface area contributed by atoms with Crippen molar-refractivity contribution in [1.82, 2.24) is 15.5 Å². The van der Waals surface area contributed by atoms with Gasteiger partial charge in [-0.3, -0.25) is 4.79 Å². The molecule has 6 heteroatoms. The Balaban J connectivity index is 1.36. The number of benzene rings is 2. The van der Waals surface area contributed by atoms with Crippen LogP contribution in [0.25, 0.3) is 11.3 Å². The summed E-state index contributed by atoms with van der Waals surface area (Å²) in [6.07, 6.45) is 1.85. The van der Waals surface area contributed by atoms with E-state index in [9.17, 15) is 4.79 Å². The lowest BCUT2D eigenvalue weighted by Gasteiger charge is -2.32. The van der Waals surface area contributed by atoms with E-state index in [1.807, 2.05) is 66.7 Å². The highest BCUT2D eigenvalue weighted by atomic mass is 35.5. The van der Waals surface area contributed by atoms with Crippen molar-refractivity contribution < 1.29 is 4.79 Å². The van der Waals surface area contributed by atoms with E-state index in [4.69, 9.17) is 11.6 Å². The number of nitrogens with zero attached hydrogens (tertiary/aromatic N) is 3. The lowest BCUT2D eigenvalue weighted by Crippen LogP contribution is -2.43. The molecule has 4 rings (SSSR count). The Labute approximate surface area is 175 Å². The summed E-state index contributed by atoms with van der Waals surface area (Å²) in [6, 6.07) is 21.5. The summed E-state index contributed by atoms with van der Waals surface area (Å²) >= 11 is 5.91. The Bertz CT molecular complexity index is 945. The third-order valence-electron chi connectivity index (χ3n) is 5.22. The second-order valence-corrected chi connectivity index (χ2v) is 7.71. The Hall–Kier alpha value is -2.92. The fraction of sp³-hybridized carbons (Fsp3) is 0.261. The fourth-order valence-electron chi connectivity index (χ4n) is 3.59. The highest BCUT2D eigenvalue weighted by Gasteiger charge is 2.26. The number of hydrogen-bond acceptors (Lipinski definition) is 4. The van der Waals surface area contributed by atoms with Crippen LogP contribution in [0.15, 0.2) is 66.7 Å². The highest BCUT2D eigenvalue weighted by molar-refractivity contribution is 6.30. The summed E-state index contributed by atoms with van der Waals surface area (Å²) in [5.41, 5.74) is 2.94. The maximum atomic E-state index is 12.7. The number of amides is 1. The van der Waals surface area contributed by atoms with Gasteiger partial charge >= 0.3 is 0 Å². The van der Waals surface area contributed by atoms with Gasteiger partial charge in [0.15, 0.2) is 5.82 Å². The van der Waals surface area contributed by atoms with Crippen LogP contribution in [0.3, 0.4) is 0 Å². The van der Waals surface area contributed by atoms with Crippen LogP contribution in [0.2, 0.25) is 5.02 Å². The lowest BCUT2D eigenvalue weighted by molar-refractivity contribution is -0.125. The number of rotatable bonds is 5. The van der Waals surface area contributed by atoms with Crippen LogP contribution in [-0.4, -0.2) is 29.2 Å². The van der Waals surface area contributed by atoms with Gasteiger partial charge in [0, 0.05) is 30.2 Å². The third-order valence-corrected chi connectivity index (χ3v) is 5.47. The first-order valence-corrected chi connectivity index (χ1v) is 10.2. The zero-order valence-corrected chi connectivity index (χ0v) is 16.8. The van der Waals surface area contributed by atoms with Gasteiger partial charge in [0.25, 0.3) is 0 Å². The quantitative estimate of drug-likeness (QED) is 0.685. The zero-order chi connectivity index (χ0) is 20.1. The Morgan fingerprint density at radius 3 is 2.55 bits per heavy atom. The third kappa shape index (κ3) is 4.93. The van der Waals surface area contributed by atoms with Gasteiger partial charge in [0.1, 0.15) is 0 Å². The molecule has 0 radical (unpaired) electrons. The number of anilines is 1. The van der Waals surface area contributed by atoms with E-state index in [-0.39, 0.29) is 11.8 Å². The number of hydrogen-bond donors (Lipinski definition) is 1. The van der Waals surface area contributed by atoms with E-state index in [2.05, 4.69) is 20.4 Å². The SMILES string of the molecule is O=C(NCc1ccc(Cl)cc1)C1CCCN(c2ccc(-c3ccccc3)nn2)C1. The van der Waals surface area contributed by atoms with Crippen LogP contribution in [0, 0.1) is 5.92 Å². The van der Waals surface area contributed by atoms with Crippen molar-refractivity contribution in [3.63, 3.8) is 0 Å². The predicted octanol–water partition coefficient (Wildman–Crippen LogP) is 4.33. The molecular formula is C23H23ClN4O. The van der Waals surface area contributed by atoms with Gasteiger partial charge in [-0.2, -0.15) is 0 Å². The minimum atomic E-state index is -0.0494. The Morgan fingerprint density at radius 2 is 1.83 bits per heavy atom. The molecule has 0 bridgehead atoms. The first-order valence-electron chi connectivity index (χ1n) is 9.85. The molecule has 1 aromatic heterocycles. The normalized spacial score (nSPS) is 16.4. The molecule has 1 aliphatic heterocycles. The molecule has 5 nitrogen and oxygen atoms in total. The summed E-state index contributed by atoms with van der Waals surface area (Å²) in [5.74, 6) is 0.852. The molecule has 1 N–H and O–H groups in total. The molecular weight excluding hydrogens is 384 g/mol. The molecule has 1 aliphatic rings. The van der Waals surface area contributed by atoms with Gasteiger partial charge in [0.2, 0.25) is 5.91 Å². The molecule has 1 unspecified atom stereocenters. The maximum Gasteiger partial charge on any atom is 0.225 e. The van der Waals surface area contributed by atoms with Gasteiger partial charge < -0.3 is 10.2 Å². The van der Waals surface area contributed by atoms with Crippen molar-refractivity contribution in [2.24, 2.45) is 5.92 Å². The van der Waals surface area contributed by atoms with Crippen molar-refractivity contribution in [2.75, 3.05) is 18.0 Å². The van der Waals surface area contributed by atoms with E-state index >= 15 is 0 Å². The number of carbonyl (C=O) groups is 1. The number of aromatic nitrogens is 2. The van der Waals surface area contributed by atoms with Gasteiger partial charge in [-0.15, -0.1) is 10.2 Å². The van der Waals surface area contributed by atoms with Crippen molar-refractivity contribution in [3.8, 4) is 11.3 Å². The number of halogens is 1. The van der Waals surface area contributed by atoms with Crippen LogP contribution in [0.1, 0.15) is 18.4 Å². The largest absolute Gasteiger partial charge is 0.354 e. The molecule has 3 aromatic rings. The molecule has 148 valence electrons. The summed E-state index contributed by atoms with van der Waals surface area (Å²) in [7, 11) is 0. The monoisotopic (exact) mass is 406 g/mol. The fourth-order valence-corrected chi connectivity index (χ4v) is 3.72. The second-order valence-electron chi connectivity index (χ2n) is 7.27. The molecule has 0 aliphatic carbocycles. The van der Waals surface area contributed by atoms with Crippen LogP contribution in [0.5, 0.6) is 0 Å². The van der Waals surface area contributed by atoms with Crippen molar-refractivity contribution >= 4 is 23.3 Å². The first kappa shape index (κ1) is 19.4. The average molecular weight is 407 g/mol. The molecule has 1 atom stereocenters. The lowest BCUT2D eigenvalue weighted by atomic mass is 9.97. The number of nitrogens with one attached hydrogen (secondary N) is 1. The molecule has 2 heterocycles. The van der Waals surface area contributed by atoms with E-state index in [1.54, 1.807) is 0 Å². The van der Waals surface area contributed by atoms with Crippen molar-refractivity contribution in [3.05, 3.63) is 77.3 Å². The smallest absolute Gasteiger partial charge is 0.225 e. The molecule has 2 aromatic carbocycles. The maximum absolute atomic E-state index is 12.7. The molecule has 0 saturated carbocycles. The molecule has 0 spiro atoms. The average Bonchev–Trinajstić information content (AvgIpc) is 2.79. The predicted molar refractivity (Wildman–Crippen MR) is 116 cm³/mol. The summed E-state index contributed by atoms with van der Waals surface area (Å²) in [6.45, 7) is 2.06. The standard InChI is InChI=1S/C23H23ClN4O/c24-20-10-8-17(9-11-20)15-25-23(29)19-7-4-14-28(16-19)22-13-12-21(26-27-22)18-5-2-1-3-6-18/h1-3,5-6,8-13,19H,4,7,14-16H2,(H,25,29). The summed E-state index contributed by atoms with van der Waals surface area (Å²) in [5, 5.41) is 12.5. The molecule has 1 saturated heterocycles. The van der Waals surface area contributed by atoms with Crippen LogP contribution < -0.4 is 10.2 Å². The minimum absolute atomic E-state index is 0.0494. The first-order chi connectivity index (χ1) is 14.2. The Kier molecular flexibility index (Phi) is 6.06. The minimum Gasteiger partial charge on any atom is -0.354 e. The molecule has 1 amide bonds. The van der Waals surface area contributed by atoms with Gasteiger partial charge in [0.05, 0.1) is 11.6 Å². The number of piperidine rings is 1. The highest BCUT2D eigenvalue weighted by Crippen LogP contribution is 2.23. The summed E-state index contributed by atoms with van der Waals surface area (Å²) < 4.78 is 0. The van der Waals surface area contributed by atoms with Crippen LogP contribution in [-0.2, 0) is 11.3 Å². The van der Waals surface area contributed by atoms with Crippen LogP contribution in [0.4, 0.5) is 5.82 Å². The Morgan fingerprint density at radius 1 is 1.03 bits per heavy atom. The van der Waals surface area contributed by atoms with Gasteiger partial charge in [-0.25, -0.2) is 0 Å². The van der Waals surface area contributed by atoms with Crippen molar-refractivity contribution in [1.29, 1.82) is 0 Å². The summed E-state index contributed by atoms with van der Waals surface area (Å²) in [4.78, 5) is 14.8. The molecule has 1 fully saturated rings. The van der Waals surface area contributed by atoms with Gasteiger partial charge in [-0.1, -0.05) is 54.1 Å². The topological polar surface area (TPSA) is 58.1 Å². The van der Waals surface area contributed by atoms with E-state index in [0.717, 1.165) is 42.0 Å². The zero-order valence-electron chi connectivity index (χ0n) is 16.1.